The van der Waals surface area contributed by atoms with Crippen LogP contribution in [0.1, 0.15) is 105 Å². The molecular weight excluding hydrogens is 779 g/mol. The van der Waals surface area contributed by atoms with Crippen LogP contribution in [-0.2, 0) is 35.1 Å². The van der Waals surface area contributed by atoms with Gasteiger partial charge in [0.1, 0.15) is 35.6 Å². The predicted octanol–water partition coefficient (Wildman–Crippen LogP) is 4.71. The quantitative estimate of drug-likeness (QED) is 0.334. The van der Waals surface area contributed by atoms with Crippen molar-refractivity contribution in [1.29, 1.82) is 0 Å². The molecule has 8 atom stereocenters. The van der Waals surface area contributed by atoms with Crippen LogP contribution in [0.3, 0.4) is 0 Å². The summed E-state index contributed by atoms with van der Waals surface area (Å²) in [5, 5.41) is 4.91. The van der Waals surface area contributed by atoms with E-state index in [-0.39, 0.29) is 48.7 Å². The standard InChI is InChI=1S/C40H54F2N6O9S/c1-7-22-19-39(22,36(51)47-58(53,54)24-13-14-24)46-33(49)30-25(8-2)29-20-48(30)35(50)32(38(3,4)5)45-37(52)57-28-17-21(28)11-9-10-16-40(41,42)31-34(56-29)44-27-18-23(55-6)12-15-26(27)43-31/h12,15,18,21-22,24-25,28-30,32H,7-11,13-14,16-17,19-20H2,1-6H3,(H,45,52)(H,46,49)(H,47,51)/t21-,22?,25-,28-,29+,30+,32-,39-/m1/s1. The summed E-state index contributed by atoms with van der Waals surface area (Å²) in [6.45, 7) is 8.56. The number of alkyl halides is 2. The van der Waals surface area contributed by atoms with Crippen molar-refractivity contribution in [3.05, 3.63) is 23.9 Å². The third-order valence-corrected chi connectivity index (χ3v) is 14.2. The van der Waals surface area contributed by atoms with E-state index in [0.717, 1.165) is 0 Å². The van der Waals surface area contributed by atoms with Gasteiger partial charge in [0, 0.05) is 18.4 Å². The number of alkyl carbamates (subject to hydrolysis) is 1. The highest BCUT2D eigenvalue weighted by Gasteiger charge is 2.63. The van der Waals surface area contributed by atoms with Gasteiger partial charge in [-0.3, -0.25) is 19.1 Å². The Morgan fingerprint density at radius 2 is 1.78 bits per heavy atom. The van der Waals surface area contributed by atoms with E-state index < -0.39 is 104 Å². The molecule has 7 rings (SSSR count). The van der Waals surface area contributed by atoms with Crippen LogP contribution in [0, 0.1) is 23.2 Å². The molecule has 1 saturated heterocycles. The lowest BCUT2D eigenvalue weighted by molar-refractivity contribution is -0.143. The number of nitrogens with one attached hydrogen (secondary N) is 3. The van der Waals surface area contributed by atoms with Crippen molar-refractivity contribution in [3.63, 3.8) is 0 Å². The maximum Gasteiger partial charge on any atom is 0.408 e. The minimum atomic E-state index is -3.95. The van der Waals surface area contributed by atoms with Crippen LogP contribution in [-0.4, -0.2) is 95.8 Å². The van der Waals surface area contributed by atoms with Crippen LogP contribution in [0.25, 0.3) is 11.0 Å². The molecule has 2 aliphatic heterocycles. The third kappa shape index (κ3) is 8.26. The topological polar surface area (TPSA) is 195 Å². The average molecular weight is 833 g/mol. The van der Waals surface area contributed by atoms with Crippen molar-refractivity contribution in [1.82, 2.24) is 30.2 Å². The molecule has 2 bridgehead atoms. The molecule has 0 spiro atoms. The molecule has 2 aromatic rings. The molecule has 1 aromatic carbocycles. The van der Waals surface area contributed by atoms with Crippen LogP contribution in [0.5, 0.6) is 11.6 Å². The van der Waals surface area contributed by atoms with E-state index in [4.69, 9.17) is 14.2 Å². The number of ether oxygens (including phenoxy) is 3. The summed E-state index contributed by atoms with van der Waals surface area (Å²) >= 11 is 0. The summed E-state index contributed by atoms with van der Waals surface area (Å²) in [5.41, 5.74) is -2.71. The molecule has 58 heavy (non-hydrogen) atoms. The Balaban J connectivity index is 1.29. The first kappa shape index (κ1) is 41.8. The SMILES string of the molecule is CCC1C[C@]1(NC(=O)[C@@H]1[C@H](CC)[C@@H]2CN1C(=O)[C@H](C(C)(C)C)NC(=O)O[C@@H]1C[C@H]1CCCCC(F)(F)c1nc3ccc(OC)cc3nc1O2)C(=O)NS(=O)(=O)C1CC1. The van der Waals surface area contributed by atoms with E-state index >= 15 is 8.78 Å². The number of methoxy groups -OCH3 is 1. The number of carbonyl (C=O) groups is 4. The van der Waals surface area contributed by atoms with Crippen LogP contribution in [0.2, 0.25) is 0 Å². The fraction of sp³-hybridized carbons (Fsp3) is 0.700. The highest BCUT2D eigenvalue weighted by atomic mass is 32.2. The van der Waals surface area contributed by atoms with Gasteiger partial charge in [-0.15, -0.1) is 0 Å². The number of hydrogen-bond donors (Lipinski definition) is 3. The van der Waals surface area contributed by atoms with Crippen LogP contribution < -0.4 is 24.8 Å². The van der Waals surface area contributed by atoms with Crippen LogP contribution >= 0.6 is 0 Å². The highest BCUT2D eigenvalue weighted by Crippen LogP contribution is 2.48. The number of aromatic nitrogens is 2. The molecule has 3 saturated carbocycles. The van der Waals surface area contributed by atoms with Crippen molar-refractivity contribution in [3.8, 4) is 11.6 Å². The van der Waals surface area contributed by atoms with Crippen molar-refractivity contribution >= 4 is 44.9 Å². The van der Waals surface area contributed by atoms with Gasteiger partial charge in [-0.2, -0.15) is 8.78 Å². The molecular formula is C40H54F2N6O9S. The number of rotatable bonds is 8. The van der Waals surface area contributed by atoms with Gasteiger partial charge in [0.05, 0.1) is 29.9 Å². The van der Waals surface area contributed by atoms with Gasteiger partial charge < -0.3 is 29.7 Å². The summed E-state index contributed by atoms with van der Waals surface area (Å²) in [7, 11) is -2.49. The van der Waals surface area contributed by atoms with Gasteiger partial charge >= 0.3 is 6.09 Å². The molecule has 318 valence electrons. The average Bonchev–Trinajstić information content (AvgIpc) is 4.08. The van der Waals surface area contributed by atoms with Crippen molar-refractivity contribution in [2.45, 2.75) is 140 Å². The zero-order chi connectivity index (χ0) is 41.9. The summed E-state index contributed by atoms with van der Waals surface area (Å²) in [6.07, 6.45) is 0.564. The lowest BCUT2D eigenvalue weighted by Gasteiger charge is -2.36. The summed E-state index contributed by atoms with van der Waals surface area (Å²) < 4.78 is 78.0. The van der Waals surface area contributed by atoms with Crippen LogP contribution in [0.15, 0.2) is 18.2 Å². The summed E-state index contributed by atoms with van der Waals surface area (Å²) in [5.74, 6) is -6.99. The predicted molar refractivity (Wildman–Crippen MR) is 206 cm³/mol. The Hall–Kier alpha value is -4.35. The largest absolute Gasteiger partial charge is 0.497 e. The monoisotopic (exact) mass is 832 g/mol. The molecule has 1 aromatic heterocycles. The molecule has 3 heterocycles. The molecule has 3 aliphatic carbocycles. The zero-order valence-electron chi connectivity index (χ0n) is 33.8. The number of hydrogen-bond acceptors (Lipinski definition) is 11. The van der Waals surface area contributed by atoms with E-state index in [9.17, 15) is 27.6 Å². The summed E-state index contributed by atoms with van der Waals surface area (Å²) in [6, 6.07) is 2.13. The second-order valence-corrected chi connectivity index (χ2v) is 19.6. The Labute approximate surface area is 337 Å². The van der Waals surface area contributed by atoms with Gasteiger partial charge in [-0.05, 0) is 74.3 Å². The number of nitrogens with zero attached hydrogens (tertiary/aromatic N) is 3. The first-order valence-corrected chi connectivity index (χ1v) is 21.9. The smallest absolute Gasteiger partial charge is 0.408 e. The van der Waals surface area contributed by atoms with Gasteiger partial charge in [0.25, 0.3) is 11.8 Å². The maximum atomic E-state index is 16.3. The molecule has 0 radical (unpaired) electrons. The molecule has 4 amide bonds. The van der Waals surface area contributed by atoms with Crippen molar-refractivity contribution in [2.24, 2.45) is 23.2 Å². The lowest BCUT2D eigenvalue weighted by Crippen LogP contribution is -2.61. The van der Waals surface area contributed by atoms with Crippen LogP contribution in [0.4, 0.5) is 13.6 Å². The van der Waals surface area contributed by atoms with Crippen molar-refractivity contribution in [2.75, 3.05) is 13.7 Å². The van der Waals surface area contributed by atoms with E-state index in [2.05, 4.69) is 25.3 Å². The van der Waals surface area contributed by atoms with E-state index in [1.165, 1.54) is 18.1 Å². The Bertz CT molecular complexity index is 2080. The van der Waals surface area contributed by atoms with E-state index in [1.54, 1.807) is 39.8 Å². The second-order valence-electron chi connectivity index (χ2n) is 17.7. The van der Waals surface area contributed by atoms with Crippen molar-refractivity contribution < 1.29 is 50.6 Å². The number of benzene rings is 1. The van der Waals surface area contributed by atoms with E-state index in [0.29, 0.717) is 44.3 Å². The molecule has 3 N–H and O–H groups in total. The zero-order valence-corrected chi connectivity index (χ0v) is 34.6. The minimum Gasteiger partial charge on any atom is -0.497 e. The Kier molecular flexibility index (Phi) is 11.1. The highest BCUT2D eigenvalue weighted by molar-refractivity contribution is 7.91. The number of carbonyl (C=O) groups excluding carboxylic acids is 4. The first-order valence-electron chi connectivity index (χ1n) is 20.4. The minimum absolute atomic E-state index is 0.00716. The number of halogens is 2. The van der Waals surface area contributed by atoms with E-state index in [1.807, 2.05) is 6.92 Å². The van der Waals surface area contributed by atoms with Gasteiger partial charge in [-0.1, -0.05) is 47.5 Å². The first-order chi connectivity index (χ1) is 27.3. The Morgan fingerprint density at radius 1 is 1.03 bits per heavy atom. The summed E-state index contributed by atoms with van der Waals surface area (Å²) in [4.78, 5) is 66.8. The molecule has 15 nitrogen and oxygen atoms in total. The molecule has 4 fully saturated rings. The normalized spacial score (nSPS) is 31.3. The third-order valence-electron chi connectivity index (χ3n) is 12.4. The fourth-order valence-corrected chi connectivity index (χ4v) is 9.95. The molecule has 5 aliphatic rings. The number of sulfonamides is 1. The Morgan fingerprint density at radius 3 is 2.41 bits per heavy atom. The fourth-order valence-electron chi connectivity index (χ4n) is 8.59. The van der Waals surface area contributed by atoms with Gasteiger partial charge in [0.15, 0.2) is 5.69 Å². The lowest BCUT2D eigenvalue weighted by atomic mass is 9.85. The van der Waals surface area contributed by atoms with Gasteiger partial charge in [-0.25, -0.2) is 23.2 Å². The number of amides is 4. The molecule has 1 unspecified atom stereocenters. The molecule has 18 heteroatoms. The number of fused-ring (bicyclic) bond motifs is 5. The second kappa shape index (κ2) is 15.4. The van der Waals surface area contributed by atoms with Gasteiger partial charge in [0.2, 0.25) is 27.7 Å². The maximum absolute atomic E-state index is 16.3.